The lowest BCUT2D eigenvalue weighted by atomic mass is 9.88. The highest BCUT2D eigenvalue weighted by molar-refractivity contribution is 6.10. The Morgan fingerprint density at radius 3 is 2.32 bits per heavy atom. The first kappa shape index (κ1) is 27.6. The van der Waals surface area contributed by atoms with Gasteiger partial charge in [-0.25, -0.2) is 0 Å². The zero-order valence-corrected chi connectivity index (χ0v) is 22.9. The first-order valence-electron chi connectivity index (χ1n) is 13.7. The van der Waals surface area contributed by atoms with Gasteiger partial charge in [0.05, 0.1) is 5.69 Å². The number of aryl methyl sites for hydroxylation is 1. The van der Waals surface area contributed by atoms with Crippen molar-refractivity contribution < 1.29 is 19.5 Å². The van der Waals surface area contributed by atoms with Gasteiger partial charge in [-0.05, 0) is 94.9 Å². The van der Waals surface area contributed by atoms with Crippen LogP contribution in [0.3, 0.4) is 0 Å². The molecule has 4 rings (SSSR count). The molecule has 7 heteroatoms. The summed E-state index contributed by atoms with van der Waals surface area (Å²) in [5.41, 5.74) is 4.71. The molecule has 0 radical (unpaired) electrons. The number of hydrogen-bond acceptors (Lipinski definition) is 4. The van der Waals surface area contributed by atoms with Gasteiger partial charge in [0.2, 0.25) is 5.78 Å². The van der Waals surface area contributed by atoms with Gasteiger partial charge in [-0.15, -0.1) is 0 Å². The van der Waals surface area contributed by atoms with E-state index in [1.165, 1.54) is 10.5 Å². The third-order valence-corrected chi connectivity index (χ3v) is 7.67. The molecule has 3 aromatic rings. The number of likely N-dealkylation sites (tertiary alicyclic amines) is 1. The Hall–Kier alpha value is -3.45. The quantitative estimate of drug-likeness (QED) is 0.371. The van der Waals surface area contributed by atoms with Crippen LogP contribution in [-0.2, 0) is 11.2 Å². The molecule has 202 valence electrons. The van der Waals surface area contributed by atoms with Crippen LogP contribution in [-0.4, -0.2) is 69.7 Å². The molecule has 1 aliphatic heterocycles. The number of fused-ring (bicyclic) bond motifs is 1. The summed E-state index contributed by atoms with van der Waals surface area (Å²) < 4.78 is 1.87. The number of benzene rings is 1. The van der Waals surface area contributed by atoms with Crippen LogP contribution in [0.25, 0.3) is 5.52 Å². The van der Waals surface area contributed by atoms with E-state index in [0.29, 0.717) is 22.7 Å². The van der Waals surface area contributed by atoms with Crippen molar-refractivity contribution in [3.05, 3.63) is 76.6 Å². The van der Waals surface area contributed by atoms with E-state index >= 15 is 0 Å². The summed E-state index contributed by atoms with van der Waals surface area (Å²) in [5.74, 6) is -0.877. The lowest BCUT2D eigenvalue weighted by Crippen LogP contribution is -2.40. The minimum Gasteiger partial charge on any atom is -0.480 e. The monoisotopic (exact) mass is 517 g/mol. The average molecular weight is 518 g/mol. The number of aromatic nitrogens is 1. The van der Waals surface area contributed by atoms with E-state index in [4.69, 9.17) is 0 Å². The molecule has 0 bridgehead atoms. The van der Waals surface area contributed by atoms with E-state index in [0.717, 1.165) is 56.3 Å². The molecular weight excluding hydrogens is 478 g/mol. The largest absolute Gasteiger partial charge is 0.480 e. The number of carbonyl (C=O) groups excluding carboxylic acids is 2. The molecule has 0 atom stereocenters. The standard InChI is InChI=1S/C31H39N3O4/c1-5-6-7-25-18-27-19-26(31(38)34(21(2)3)20-28(35)36)14-17-33(27)29(25)30(37)24-10-8-22(9-11-24)23-12-15-32(4)16-13-23/h8-11,14,17-19,21,23H,5-7,12-13,15-16,20H2,1-4H3,(H,35,36). The molecule has 2 aromatic heterocycles. The van der Waals surface area contributed by atoms with Gasteiger partial charge in [-0.2, -0.15) is 0 Å². The molecule has 1 N–H and O–H groups in total. The Morgan fingerprint density at radius 2 is 1.71 bits per heavy atom. The molecular formula is C31H39N3O4. The Kier molecular flexibility index (Phi) is 8.67. The summed E-state index contributed by atoms with van der Waals surface area (Å²) in [5, 5.41) is 9.26. The number of carboxylic acid groups (broad SMARTS) is 1. The second kappa shape index (κ2) is 11.9. The third kappa shape index (κ3) is 5.99. The number of aliphatic carboxylic acids is 1. The Labute approximate surface area is 225 Å². The van der Waals surface area contributed by atoms with Gasteiger partial charge in [0, 0.05) is 28.9 Å². The number of amides is 1. The fourth-order valence-corrected chi connectivity index (χ4v) is 5.37. The van der Waals surface area contributed by atoms with E-state index in [1.54, 1.807) is 32.2 Å². The molecule has 1 aliphatic rings. The lowest BCUT2D eigenvalue weighted by Gasteiger charge is -2.29. The zero-order valence-electron chi connectivity index (χ0n) is 22.9. The molecule has 1 saturated heterocycles. The average Bonchev–Trinajstić information content (AvgIpc) is 3.27. The van der Waals surface area contributed by atoms with Crippen molar-refractivity contribution >= 4 is 23.2 Å². The minimum atomic E-state index is -1.05. The van der Waals surface area contributed by atoms with Crippen molar-refractivity contribution in [2.75, 3.05) is 26.7 Å². The van der Waals surface area contributed by atoms with Crippen molar-refractivity contribution in [2.45, 2.75) is 64.8 Å². The number of rotatable bonds is 10. The summed E-state index contributed by atoms with van der Waals surface area (Å²) in [7, 11) is 2.16. The van der Waals surface area contributed by atoms with Crippen molar-refractivity contribution in [3.63, 3.8) is 0 Å². The van der Waals surface area contributed by atoms with Crippen LogP contribution in [0.1, 0.15) is 89.9 Å². The number of unbranched alkanes of at least 4 members (excludes halogenated alkanes) is 1. The second-order valence-corrected chi connectivity index (χ2v) is 10.8. The molecule has 3 heterocycles. The number of hydrogen-bond donors (Lipinski definition) is 1. The first-order chi connectivity index (χ1) is 18.2. The van der Waals surface area contributed by atoms with Crippen molar-refractivity contribution in [1.82, 2.24) is 14.2 Å². The fraction of sp³-hybridized carbons (Fsp3) is 0.452. The number of piperidine rings is 1. The SMILES string of the molecule is CCCCc1cc2cc(C(=O)N(CC(=O)O)C(C)C)ccn2c1C(=O)c1ccc(C2CCN(C)CC2)cc1. The minimum absolute atomic E-state index is 0.0280. The first-order valence-corrected chi connectivity index (χ1v) is 13.7. The topological polar surface area (TPSA) is 82.3 Å². The Morgan fingerprint density at radius 1 is 1.03 bits per heavy atom. The predicted octanol–water partition coefficient (Wildman–Crippen LogP) is 5.26. The van der Waals surface area contributed by atoms with Gasteiger partial charge in [0.15, 0.2) is 0 Å². The number of carboxylic acids is 1. The van der Waals surface area contributed by atoms with Gasteiger partial charge in [-0.1, -0.05) is 37.6 Å². The molecule has 1 fully saturated rings. The van der Waals surface area contributed by atoms with Crippen LogP contribution in [0.2, 0.25) is 0 Å². The summed E-state index contributed by atoms with van der Waals surface area (Å²) >= 11 is 0. The molecule has 0 saturated carbocycles. The zero-order chi connectivity index (χ0) is 27.4. The number of ketones is 1. The van der Waals surface area contributed by atoms with E-state index in [1.807, 2.05) is 22.6 Å². The molecule has 7 nitrogen and oxygen atoms in total. The molecule has 1 amide bonds. The maximum Gasteiger partial charge on any atom is 0.323 e. The van der Waals surface area contributed by atoms with E-state index in [2.05, 4.69) is 31.0 Å². The van der Waals surface area contributed by atoms with Crippen molar-refractivity contribution in [2.24, 2.45) is 0 Å². The van der Waals surface area contributed by atoms with Gasteiger partial charge in [0.25, 0.3) is 5.91 Å². The molecule has 0 unspecified atom stereocenters. The van der Waals surface area contributed by atoms with Crippen molar-refractivity contribution in [1.29, 1.82) is 0 Å². The van der Waals surface area contributed by atoms with Gasteiger partial charge >= 0.3 is 5.97 Å². The smallest absolute Gasteiger partial charge is 0.323 e. The number of carbonyl (C=O) groups is 3. The maximum absolute atomic E-state index is 13.8. The summed E-state index contributed by atoms with van der Waals surface area (Å²) in [4.78, 5) is 42.0. The predicted molar refractivity (Wildman–Crippen MR) is 149 cm³/mol. The van der Waals surface area contributed by atoms with Crippen LogP contribution >= 0.6 is 0 Å². The van der Waals surface area contributed by atoms with E-state index in [9.17, 15) is 19.5 Å². The van der Waals surface area contributed by atoms with Crippen LogP contribution in [0.15, 0.2) is 48.7 Å². The van der Waals surface area contributed by atoms with Crippen LogP contribution in [0.4, 0.5) is 0 Å². The van der Waals surface area contributed by atoms with Gasteiger partial charge in [-0.3, -0.25) is 14.4 Å². The normalized spacial score (nSPS) is 14.8. The molecule has 0 aliphatic carbocycles. The number of pyridine rings is 1. The number of nitrogens with zero attached hydrogens (tertiary/aromatic N) is 3. The fourth-order valence-electron chi connectivity index (χ4n) is 5.37. The van der Waals surface area contributed by atoms with Gasteiger partial charge in [0.1, 0.15) is 6.54 Å². The Balaban J connectivity index is 1.66. The van der Waals surface area contributed by atoms with Crippen LogP contribution in [0, 0.1) is 0 Å². The highest BCUT2D eigenvalue weighted by Gasteiger charge is 2.24. The highest BCUT2D eigenvalue weighted by Crippen LogP contribution is 2.29. The maximum atomic E-state index is 13.8. The lowest BCUT2D eigenvalue weighted by molar-refractivity contribution is -0.138. The summed E-state index contributed by atoms with van der Waals surface area (Å²) in [6.45, 7) is 7.55. The van der Waals surface area contributed by atoms with E-state index in [-0.39, 0.29) is 24.3 Å². The van der Waals surface area contributed by atoms with Crippen LogP contribution in [0.5, 0.6) is 0 Å². The third-order valence-electron chi connectivity index (χ3n) is 7.67. The van der Waals surface area contributed by atoms with E-state index < -0.39 is 5.97 Å². The highest BCUT2D eigenvalue weighted by atomic mass is 16.4. The van der Waals surface area contributed by atoms with Gasteiger partial charge < -0.3 is 19.3 Å². The van der Waals surface area contributed by atoms with Crippen LogP contribution < -0.4 is 0 Å². The Bertz CT molecular complexity index is 1300. The second-order valence-electron chi connectivity index (χ2n) is 10.8. The summed E-state index contributed by atoms with van der Waals surface area (Å²) in [6, 6.07) is 13.3. The molecule has 0 spiro atoms. The van der Waals surface area contributed by atoms with Crippen molar-refractivity contribution in [3.8, 4) is 0 Å². The molecule has 38 heavy (non-hydrogen) atoms. The molecule has 1 aromatic carbocycles. The summed E-state index contributed by atoms with van der Waals surface area (Å²) in [6.07, 6.45) is 6.77.